The molecule has 0 aliphatic rings. The number of rotatable bonds is 3. The topological polar surface area (TPSA) is 62.2 Å². The molecule has 4 nitrogen and oxygen atoms in total. The highest BCUT2D eigenvalue weighted by molar-refractivity contribution is 7.17. The van der Waals surface area contributed by atoms with E-state index in [4.69, 9.17) is 5.11 Å². The van der Waals surface area contributed by atoms with Crippen molar-refractivity contribution in [1.82, 2.24) is 4.98 Å². The van der Waals surface area contributed by atoms with E-state index in [1.54, 1.807) is 35.7 Å². The standard InChI is InChI=1S/C14H10N2O2S/c17-14(18)9-2-1-3-10(8-9)16-13-11-5-7-19-12(11)4-6-15-13/h1-8H,(H,15,16)(H,17,18). The monoisotopic (exact) mass is 270 g/mol. The van der Waals surface area contributed by atoms with E-state index in [1.165, 1.54) is 0 Å². The number of carboxylic acid groups (broad SMARTS) is 1. The molecule has 0 atom stereocenters. The van der Waals surface area contributed by atoms with Gasteiger partial charge in [-0.2, -0.15) is 0 Å². The first-order chi connectivity index (χ1) is 9.24. The summed E-state index contributed by atoms with van der Waals surface area (Å²) in [7, 11) is 0. The van der Waals surface area contributed by atoms with Gasteiger partial charge in [0, 0.05) is 22.0 Å². The normalized spacial score (nSPS) is 10.5. The lowest BCUT2D eigenvalue weighted by Gasteiger charge is -2.07. The Labute approximate surface area is 113 Å². The van der Waals surface area contributed by atoms with Crippen LogP contribution < -0.4 is 5.32 Å². The largest absolute Gasteiger partial charge is 0.478 e. The third-order valence-electron chi connectivity index (χ3n) is 2.75. The average Bonchev–Trinajstić information content (AvgIpc) is 2.88. The van der Waals surface area contributed by atoms with Gasteiger partial charge in [-0.3, -0.25) is 0 Å². The van der Waals surface area contributed by atoms with E-state index in [1.807, 2.05) is 23.6 Å². The van der Waals surface area contributed by atoms with E-state index in [9.17, 15) is 4.79 Å². The Balaban J connectivity index is 1.99. The predicted molar refractivity (Wildman–Crippen MR) is 76.3 cm³/mol. The van der Waals surface area contributed by atoms with Crippen molar-refractivity contribution < 1.29 is 9.90 Å². The second-order valence-corrected chi connectivity index (χ2v) is 4.95. The SMILES string of the molecule is O=C(O)c1cccc(Nc2nccc3sccc23)c1. The van der Waals surface area contributed by atoms with Crippen LogP contribution in [0.1, 0.15) is 10.4 Å². The molecular weight excluding hydrogens is 260 g/mol. The summed E-state index contributed by atoms with van der Waals surface area (Å²) in [5.74, 6) is -0.202. The fourth-order valence-corrected chi connectivity index (χ4v) is 2.64. The highest BCUT2D eigenvalue weighted by atomic mass is 32.1. The minimum absolute atomic E-state index is 0.252. The van der Waals surface area contributed by atoms with Crippen molar-refractivity contribution in [3.8, 4) is 0 Å². The van der Waals surface area contributed by atoms with Crippen LogP contribution in [0.15, 0.2) is 48.0 Å². The molecule has 19 heavy (non-hydrogen) atoms. The van der Waals surface area contributed by atoms with Crippen molar-refractivity contribution in [2.75, 3.05) is 5.32 Å². The van der Waals surface area contributed by atoms with Gasteiger partial charge in [0.2, 0.25) is 0 Å². The molecule has 0 saturated heterocycles. The van der Waals surface area contributed by atoms with Gasteiger partial charge in [-0.25, -0.2) is 9.78 Å². The van der Waals surface area contributed by atoms with E-state index >= 15 is 0 Å². The first-order valence-corrected chi connectivity index (χ1v) is 6.54. The van der Waals surface area contributed by atoms with Crippen LogP contribution in [0, 0.1) is 0 Å². The van der Waals surface area contributed by atoms with Gasteiger partial charge in [-0.15, -0.1) is 11.3 Å². The minimum Gasteiger partial charge on any atom is -0.478 e. The van der Waals surface area contributed by atoms with Gasteiger partial charge in [0.05, 0.1) is 5.56 Å². The predicted octanol–water partition coefficient (Wildman–Crippen LogP) is 3.74. The maximum absolute atomic E-state index is 10.9. The summed E-state index contributed by atoms with van der Waals surface area (Å²) < 4.78 is 1.15. The van der Waals surface area contributed by atoms with Crippen LogP contribution in [0.4, 0.5) is 11.5 Å². The van der Waals surface area contributed by atoms with Gasteiger partial charge >= 0.3 is 5.97 Å². The lowest BCUT2D eigenvalue weighted by atomic mass is 10.2. The first kappa shape index (κ1) is 11.7. The molecule has 94 valence electrons. The zero-order chi connectivity index (χ0) is 13.2. The number of hydrogen-bond acceptors (Lipinski definition) is 4. The number of carboxylic acids is 1. The van der Waals surface area contributed by atoms with Gasteiger partial charge < -0.3 is 10.4 Å². The fraction of sp³-hybridized carbons (Fsp3) is 0. The van der Waals surface area contributed by atoms with E-state index in [0.717, 1.165) is 15.9 Å². The van der Waals surface area contributed by atoms with Crippen molar-refractivity contribution in [3.05, 3.63) is 53.5 Å². The van der Waals surface area contributed by atoms with Crippen molar-refractivity contribution in [3.63, 3.8) is 0 Å². The number of fused-ring (bicyclic) bond motifs is 1. The van der Waals surface area contributed by atoms with Gasteiger partial charge in [0.1, 0.15) is 5.82 Å². The Bertz CT molecular complexity index is 752. The number of benzene rings is 1. The molecule has 0 bridgehead atoms. The molecule has 5 heteroatoms. The Morgan fingerprint density at radius 1 is 1.26 bits per heavy atom. The Hall–Kier alpha value is -2.40. The second kappa shape index (κ2) is 4.70. The van der Waals surface area contributed by atoms with Crippen molar-refractivity contribution in [2.45, 2.75) is 0 Å². The van der Waals surface area contributed by atoms with Crippen LogP contribution in [0.25, 0.3) is 10.1 Å². The summed E-state index contributed by atoms with van der Waals surface area (Å²) in [6.07, 6.45) is 1.74. The number of nitrogens with zero attached hydrogens (tertiary/aromatic N) is 1. The molecule has 0 spiro atoms. The van der Waals surface area contributed by atoms with E-state index in [-0.39, 0.29) is 5.56 Å². The van der Waals surface area contributed by atoms with Crippen LogP contribution in [0.3, 0.4) is 0 Å². The molecule has 0 radical (unpaired) electrons. The van der Waals surface area contributed by atoms with Gasteiger partial charge in [0.25, 0.3) is 0 Å². The molecule has 3 rings (SSSR count). The summed E-state index contributed by atoms with van der Waals surface area (Å²) in [5.41, 5.74) is 0.966. The molecule has 0 fully saturated rings. The van der Waals surface area contributed by atoms with Crippen LogP contribution in [-0.4, -0.2) is 16.1 Å². The van der Waals surface area contributed by atoms with Crippen LogP contribution >= 0.6 is 11.3 Å². The summed E-state index contributed by atoms with van der Waals surface area (Å²) >= 11 is 1.65. The van der Waals surface area contributed by atoms with Crippen molar-refractivity contribution in [2.24, 2.45) is 0 Å². The Kier molecular flexibility index (Phi) is 2.89. The lowest BCUT2D eigenvalue weighted by molar-refractivity contribution is 0.0697. The summed E-state index contributed by atoms with van der Waals surface area (Å²) in [4.78, 5) is 15.2. The van der Waals surface area contributed by atoms with Crippen LogP contribution in [0.5, 0.6) is 0 Å². The second-order valence-electron chi connectivity index (χ2n) is 4.00. The van der Waals surface area contributed by atoms with Gasteiger partial charge in [-0.05, 0) is 35.7 Å². The first-order valence-electron chi connectivity index (χ1n) is 5.66. The maximum atomic E-state index is 10.9. The molecule has 2 heterocycles. The van der Waals surface area contributed by atoms with Gasteiger partial charge in [-0.1, -0.05) is 6.07 Å². The smallest absolute Gasteiger partial charge is 0.335 e. The molecule has 2 aromatic heterocycles. The number of hydrogen-bond donors (Lipinski definition) is 2. The van der Waals surface area contributed by atoms with Gasteiger partial charge in [0.15, 0.2) is 0 Å². The molecule has 0 saturated carbocycles. The molecule has 0 amide bonds. The molecule has 3 aromatic rings. The zero-order valence-electron chi connectivity index (χ0n) is 9.83. The van der Waals surface area contributed by atoms with Crippen molar-refractivity contribution in [1.29, 1.82) is 0 Å². The summed E-state index contributed by atoms with van der Waals surface area (Å²) in [6.45, 7) is 0. The minimum atomic E-state index is -0.939. The summed E-state index contributed by atoms with van der Waals surface area (Å²) in [5, 5.41) is 15.2. The number of pyridine rings is 1. The molecular formula is C14H10N2O2S. The highest BCUT2D eigenvalue weighted by Crippen LogP contribution is 2.28. The number of aromatic nitrogens is 1. The highest BCUT2D eigenvalue weighted by Gasteiger charge is 2.06. The van der Waals surface area contributed by atoms with Crippen molar-refractivity contribution >= 4 is 38.9 Å². The average molecular weight is 270 g/mol. The molecule has 1 aromatic carbocycles. The van der Waals surface area contributed by atoms with Crippen LogP contribution in [-0.2, 0) is 0 Å². The third-order valence-corrected chi connectivity index (χ3v) is 3.63. The number of anilines is 2. The number of aromatic carboxylic acids is 1. The molecule has 0 aliphatic carbocycles. The van der Waals surface area contributed by atoms with E-state index in [0.29, 0.717) is 5.69 Å². The maximum Gasteiger partial charge on any atom is 0.335 e. The lowest BCUT2D eigenvalue weighted by Crippen LogP contribution is -1.98. The number of thiophene rings is 1. The molecule has 0 unspecified atom stereocenters. The summed E-state index contributed by atoms with van der Waals surface area (Å²) in [6, 6.07) is 10.6. The third kappa shape index (κ3) is 2.28. The Morgan fingerprint density at radius 2 is 2.16 bits per heavy atom. The fourth-order valence-electron chi connectivity index (χ4n) is 1.86. The zero-order valence-corrected chi connectivity index (χ0v) is 10.6. The molecule has 2 N–H and O–H groups in total. The number of carbonyl (C=O) groups is 1. The van der Waals surface area contributed by atoms with Crippen LogP contribution in [0.2, 0.25) is 0 Å². The quantitative estimate of drug-likeness (QED) is 0.761. The van der Waals surface area contributed by atoms with E-state index in [2.05, 4.69) is 10.3 Å². The Morgan fingerprint density at radius 3 is 3.00 bits per heavy atom. The molecule has 0 aliphatic heterocycles. The number of nitrogens with one attached hydrogen (secondary N) is 1. The van der Waals surface area contributed by atoms with E-state index < -0.39 is 5.97 Å².